The number of amides is 1. The number of hydrogen-bond acceptors (Lipinski definition) is 8. The predicted octanol–water partition coefficient (Wildman–Crippen LogP) is 2.98. The van der Waals surface area contributed by atoms with Gasteiger partial charge in [0.1, 0.15) is 11.8 Å². The number of carboxylic acids is 2. The summed E-state index contributed by atoms with van der Waals surface area (Å²) < 4.78 is 11.5. The fourth-order valence-corrected chi connectivity index (χ4v) is 3.94. The van der Waals surface area contributed by atoms with Gasteiger partial charge in [-0.3, -0.25) is 19.0 Å². The zero-order valence-electron chi connectivity index (χ0n) is 21.3. The second-order valence-corrected chi connectivity index (χ2v) is 8.90. The highest BCUT2D eigenvalue weighted by Crippen LogP contribution is 2.31. The van der Waals surface area contributed by atoms with Gasteiger partial charge in [-0.05, 0) is 55.0 Å². The molecular formula is C26H27ClN2O9S. The lowest BCUT2D eigenvalue weighted by molar-refractivity contribution is -0.154. The molecule has 39 heavy (non-hydrogen) atoms. The van der Waals surface area contributed by atoms with Crippen molar-refractivity contribution in [2.75, 3.05) is 19.5 Å². The number of methoxy groups -OCH3 is 1. The minimum absolute atomic E-state index is 0.106. The Kier molecular flexibility index (Phi) is 11.4. The number of ether oxygens (including phenoxy) is 2. The van der Waals surface area contributed by atoms with Gasteiger partial charge in [-0.25, -0.2) is 9.59 Å². The molecule has 0 radical (unpaired) electrons. The summed E-state index contributed by atoms with van der Waals surface area (Å²) in [5.41, 5.74) is 2.16. The van der Waals surface area contributed by atoms with Crippen LogP contribution in [-0.4, -0.2) is 70.0 Å². The number of carboxylic acid groups (broad SMARTS) is 2. The Morgan fingerprint density at radius 3 is 2.21 bits per heavy atom. The number of hydrogen-bond donors (Lipinski definition) is 4. The number of rotatable bonds is 9. The monoisotopic (exact) mass is 578 g/mol. The molecule has 3 rings (SSSR count). The predicted molar refractivity (Wildman–Crippen MR) is 146 cm³/mol. The average Bonchev–Trinajstić information content (AvgIpc) is 3.16. The van der Waals surface area contributed by atoms with Crippen LogP contribution in [0.5, 0.6) is 5.75 Å². The summed E-state index contributed by atoms with van der Waals surface area (Å²) in [4.78, 5) is 56.4. The van der Waals surface area contributed by atoms with Crippen LogP contribution < -0.4 is 10.1 Å². The normalized spacial score (nSPS) is 11.1. The van der Waals surface area contributed by atoms with Crippen LogP contribution in [0, 0.1) is 6.92 Å². The van der Waals surface area contributed by atoms with Crippen LogP contribution in [0.25, 0.3) is 10.9 Å². The molecule has 0 aliphatic carbocycles. The summed E-state index contributed by atoms with van der Waals surface area (Å²) in [6, 6.07) is 10.8. The summed E-state index contributed by atoms with van der Waals surface area (Å²) in [6.45, 7) is 2.27. The van der Waals surface area contributed by atoms with Crippen LogP contribution in [0.1, 0.15) is 28.5 Å². The fraction of sp³-hybridized carbons (Fsp3) is 0.269. The van der Waals surface area contributed by atoms with E-state index in [2.05, 4.69) is 17.9 Å². The molecule has 3 N–H and O–H groups in total. The molecule has 1 heterocycles. The van der Waals surface area contributed by atoms with Gasteiger partial charge in [0.25, 0.3) is 5.91 Å². The summed E-state index contributed by atoms with van der Waals surface area (Å²) >= 11 is 9.64. The van der Waals surface area contributed by atoms with Gasteiger partial charge in [0.2, 0.25) is 5.91 Å². The van der Waals surface area contributed by atoms with Gasteiger partial charge in [-0.15, -0.1) is 0 Å². The third-order valence-electron chi connectivity index (χ3n) is 5.37. The van der Waals surface area contributed by atoms with Crippen molar-refractivity contribution in [2.24, 2.45) is 0 Å². The molecule has 0 saturated carbocycles. The van der Waals surface area contributed by atoms with Crippen molar-refractivity contribution in [3.05, 3.63) is 64.3 Å². The van der Waals surface area contributed by atoms with E-state index < -0.39 is 30.6 Å². The average molecular weight is 579 g/mol. The lowest BCUT2D eigenvalue weighted by Gasteiger charge is -2.08. The highest BCUT2D eigenvalue weighted by atomic mass is 35.5. The highest BCUT2D eigenvalue weighted by molar-refractivity contribution is 7.80. The Balaban J connectivity index is 0.000000455. The van der Waals surface area contributed by atoms with E-state index in [1.807, 2.05) is 0 Å². The van der Waals surface area contributed by atoms with Crippen molar-refractivity contribution in [1.29, 1.82) is 0 Å². The standard InChI is InChI=1S/C21H18ClNO6.C5H9NO3S/c1-12-16(10-20(26)29-11-19(24)25)17-9-15(28-2)7-8-18(17)23(12)21(27)13-3-5-14(22)6-4-13;1-3(7)6-4(2-10)5(8)9/h3-9H,10-11H2,1-2H3,(H,24,25);4,10H,2H2,1H3,(H,6,7)(H,8,9)/t;4-/m.0/s1. The first-order chi connectivity index (χ1) is 18.4. The first-order valence-electron chi connectivity index (χ1n) is 11.4. The maximum absolute atomic E-state index is 13.2. The number of nitrogens with one attached hydrogen (secondary N) is 1. The summed E-state index contributed by atoms with van der Waals surface area (Å²) in [5.74, 6) is -2.97. The summed E-state index contributed by atoms with van der Waals surface area (Å²) in [5, 5.41) is 20.4. The lowest BCUT2D eigenvalue weighted by atomic mass is 10.1. The Morgan fingerprint density at radius 2 is 1.72 bits per heavy atom. The number of aromatic nitrogens is 1. The maximum Gasteiger partial charge on any atom is 0.341 e. The van der Waals surface area contributed by atoms with E-state index in [0.29, 0.717) is 38.5 Å². The van der Waals surface area contributed by atoms with E-state index in [0.717, 1.165) is 0 Å². The Labute approximate surface area is 234 Å². The smallest absolute Gasteiger partial charge is 0.341 e. The Bertz CT molecular complexity index is 1390. The van der Waals surface area contributed by atoms with Gasteiger partial charge < -0.3 is 25.0 Å². The van der Waals surface area contributed by atoms with Crippen molar-refractivity contribution in [3.8, 4) is 5.75 Å². The number of carbonyl (C=O) groups is 5. The maximum atomic E-state index is 13.2. The van der Waals surface area contributed by atoms with Gasteiger partial charge in [-0.1, -0.05) is 11.6 Å². The van der Waals surface area contributed by atoms with E-state index >= 15 is 0 Å². The number of fused-ring (bicyclic) bond motifs is 1. The molecule has 208 valence electrons. The fourth-order valence-electron chi connectivity index (χ4n) is 3.56. The van der Waals surface area contributed by atoms with Crippen LogP contribution in [-0.2, 0) is 30.3 Å². The molecule has 1 amide bonds. The Morgan fingerprint density at radius 1 is 1.08 bits per heavy atom. The van der Waals surface area contributed by atoms with Gasteiger partial charge in [-0.2, -0.15) is 12.6 Å². The van der Waals surface area contributed by atoms with Gasteiger partial charge in [0, 0.05) is 34.3 Å². The lowest BCUT2D eigenvalue weighted by Crippen LogP contribution is -2.40. The van der Waals surface area contributed by atoms with Crippen molar-refractivity contribution < 1.29 is 43.7 Å². The molecule has 0 aliphatic heterocycles. The van der Waals surface area contributed by atoms with Crippen molar-refractivity contribution in [1.82, 2.24) is 9.88 Å². The van der Waals surface area contributed by atoms with Crippen molar-refractivity contribution in [3.63, 3.8) is 0 Å². The van der Waals surface area contributed by atoms with Crippen LogP contribution >= 0.6 is 24.2 Å². The number of halogens is 1. The molecule has 1 aromatic heterocycles. The molecular weight excluding hydrogens is 552 g/mol. The quantitative estimate of drug-likeness (QED) is 0.221. The molecule has 0 spiro atoms. The van der Waals surface area contributed by atoms with Gasteiger partial charge in [0.15, 0.2) is 6.61 Å². The topological polar surface area (TPSA) is 161 Å². The molecule has 0 aliphatic rings. The van der Waals surface area contributed by atoms with E-state index in [4.69, 9.17) is 31.3 Å². The molecule has 0 unspecified atom stereocenters. The second kappa shape index (κ2) is 14.2. The molecule has 2 aromatic carbocycles. The van der Waals surface area contributed by atoms with Gasteiger partial charge in [0.05, 0.1) is 19.0 Å². The number of benzene rings is 2. The molecule has 0 saturated heterocycles. The Hall–Kier alpha value is -4.03. The largest absolute Gasteiger partial charge is 0.497 e. The van der Waals surface area contributed by atoms with Crippen LogP contribution in [0.15, 0.2) is 42.5 Å². The number of nitrogens with zero attached hydrogens (tertiary/aromatic N) is 1. The zero-order chi connectivity index (χ0) is 29.3. The van der Waals surface area contributed by atoms with Crippen molar-refractivity contribution >= 4 is 64.9 Å². The highest BCUT2D eigenvalue weighted by Gasteiger charge is 2.23. The molecule has 0 bridgehead atoms. The third-order valence-corrected chi connectivity index (χ3v) is 5.99. The first kappa shape index (κ1) is 31.2. The zero-order valence-corrected chi connectivity index (χ0v) is 22.9. The molecule has 11 nitrogen and oxygen atoms in total. The van der Waals surface area contributed by atoms with Crippen LogP contribution in [0.2, 0.25) is 5.02 Å². The molecule has 1 atom stereocenters. The SMILES string of the molecule is CC(=O)N[C@@H](CS)C(=O)O.COc1ccc2c(c1)c(CC(=O)OCC(=O)O)c(C)n2C(=O)c1ccc(Cl)cc1. The van der Waals surface area contributed by atoms with E-state index in [1.54, 1.807) is 49.4 Å². The minimum atomic E-state index is -1.24. The number of carbonyl (C=O) groups excluding carboxylic acids is 3. The number of aliphatic carboxylic acids is 2. The number of esters is 1. The number of thiol groups is 1. The summed E-state index contributed by atoms with van der Waals surface area (Å²) in [7, 11) is 1.52. The first-order valence-corrected chi connectivity index (χ1v) is 12.4. The van der Waals surface area contributed by atoms with Crippen LogP contribution in [0.3, 0.4) is 0 Å². The van der Waals surface area contributed by atoms with Crippen LogP contribution in [0.4, 0.5) is 0 Å². The van der Waals surface area contributed by atoms with E-state index in [1.165, 1.54) is 18.6 Å². The second-order valence-electron chi connectivity index (χ2n) is 8.10. The van der Waals surface area contributed by atoms with Crippen molar-refractivity contribution in [2.45, 2.75) is 26.3 Å². The molecule has 0 fully saturated rings. The van der Waals surface area contributed by atoms with E-state index in [9.17, 15) is 24.0 Å². The molecule has 3 aromatic rings. The molecule has 13 heteroatoms. The van der Waals surface area contributed by atoms with Gasteiger partial charge >= 0.3 is 17.9 Å². The summed E-state index contributed by atoms with van der Waals surface area (Å²) in [6.07, 6.45) is -0.177. The minimum Gasteiger partial charge on any atom is -0.497 e. The third kappa shape index (κ3) is 8.48. The van der Waals surface area contributed by atoms with E-state index in [-0.39, 0.29) is 24.0 Å².